The van der Waals surface area contributed by atoms with Gasteiger partial charge in [-0.15, -0.1) is 5.10 Å². The molecule has 2 aromatic heterocycles. The summed E-state index contributed by atoms with van der Waals surface area (Å²) in [5.74, 6) is -1.29. The predicted molar refractivity (Wildman–Crippen MR) is 84.4 cm³/mol. The number of aromatic nitrogens is 4. The van der Waals surface area contributed by atoms with Crippen molar-refractivity contribution in [2.75, 3.05) is 18.0 Å². The highest BCUT2D eigenvalue weighted by Gasteiger charge is 2.41. The van der Waals surface area contributed by atoms with Crippen LogP contribution in [0.1, 0.15) is 18.5 Å². The summed E-state index contributed by atoms with van der Waals surface area (Å²) in [6.07, 6.45) is -2.91. The molecule has 134 valence electrons. The van der Waals surface area contributed by atoms with Crippen LogP contribution in [0.25, 0.3) is 11.3 Å². The first kappa shape index (κ1) is 17.2. The molecule has 3 rings (SSSR count). The summed E-state index contributed by atoms with van der Waals surface area (Å²) >= 11 is 0. The summed E-state index contributed by atoms with van der Waals surface area (Å²) in [6.45, 7) is 2.20. The Kier molecular flexibility index (Phi) is 4.36. The van der Waals surface area contributed by atoms with Crippen LogP contribution in [0.5, 0.6) is 0 Å². The van der Waals surface area contributed by atoms with Gasteiger partial charge in [0.05, 0.1) is 22.9 Å². The van der Waals surface area contributed by atoms with E-state index in [4.69, 9.17) is 0 Å². The molecule has 25 heavy (non-hydrogen) atoms. The molecule has 0 bridgehead atoms. The highest BCUT2D eigenvalue weighted by molar-refractivity contribution is 5.64. The fourth-order valence-electron chi connectivity index (χ4n) is 2.94. The third kappa shape index (κ3) is 3.57. The standard InChI is InChI=1S/C15H16F3N5O2/c1-8-12(23-4-2-9(3-5-23)15(16,17)18)6-11(22-21-8)10-7-19-14(25)20-13(10)24/h6-7,9H,2-5H2,1H3,(H2,19,20,24,25). The minimum Gasteiger partial charge on any atom is -0.370 e. The monoisotopic (exact) mass is 355 g/mol. The average Bonchev–Trinajstić information content (AvgIpc) is 2.55. The Morgan fingerprint density at radius 3 is 2.48 bits per heavy atom. The van der Waals surface area contributed by atoms with Crippen LogP contribution in [0.2, 0.25) is 0 Å². The molecule has 0 saturated carbocycles. The van der Waals surface area contributed by atoms with Crippen molar-refractivity contribution in [2.24, 2.45) is 5.92 Å². The van der Waals surface area contributed by atoms with E-state index in [1.165, 1.54) is 6.20 Å². The van der Waals surface area contributed by atoms with E-state index in [1.54, 1.807) is 13.0 Å². The van der Waals surface area contributed by atoms with Gasteiger partial charge in [-0.3, -0.25) is 9.78 Å². The third-order valence-electron chi connectivity index (χ3n) is 4.35. The number of aromatic amines is 2. The smallest absolute Gasteiger partial charge is 0.370 e. The summed E-state index contributed by atoms with van der Waals surface area (Å²) in [5.41, 5.74) is 0.341. The number of nitrogens with one attached hydrogen (secondary N) is 2. The quantitative estimate of drug-likeness (QED) is 0.853. The van der Waals surface area contributed by atoms with Gasteiger partial charge in [0.15, 0.2) is 0 Å². The second kappa shape index (κ2) is 6.34. The first-order valence-corrected chi connectivity index (χ1v) is 7.74. The van der Waals surface area contributed by atoms with Crippen LogP contribution in [-0.2, 0) is 0 Å². The lowest BCUT2D eigenvalue weighted by atomic mass is 9.96. The fourth-order valence-corrected chi connectivity index (χ4v) is 2.94. The zero-order valence-electron chi connectivity index (χ0n) is 13.4. The first-order valence-electron chi connectivity index (χ1n) is 7.74. The molecule has 1 fully saturated rings. The summed E-state index contributed by atoms with van der Waals surface area (Å²) in [6, 6.07) is 1.61. The van der Waals surface area contributed by atoms with Crippen molar-refractivity contribution in [3.8, 4) is 11.3 Å². The van der Waals surface area contributed by atoms with Crippen LogP contribution in [0.4, 0.5) is 18.9 Å². The van der Waals surface area contributed by atoms with E-state index in [1.807, 2.05) is 4.90 Å². The molecule has 0 aliphatic carbocycles. The molecule has 7 nitrogen and oxygen atoms in total. The van der Waals surface area contributed by atoms with Crippen molar-refractivity contribution in [1.82, 2.24) is 20.2 Å². The van der Waals surface area contributed by atoms with E-state index in [2.05, 4.69) is 20.2 Å². The molecule has 0 radical (unpaired) electrons. The molecule has 0 aromatic carbocycles. The maximum atomic E-state index is 12.8. The largest absolute Gasteiger partial charge is 0.391 e. The van der Waals surface area contributed by atoms with Crippen LogP contribution in [0.15, 0.2) is 21.9 Å². The van der Waals surface area contributed by atoms with Gasteiger partial charge in [-0.05, 0) is 25.8 Å². The van der Waals surface area contributed by atoms with Gasteiger partial charge in [0.1, 0.15) is 5.69 Å². The number of hydrogen-bond acceptors (Lipinski definition) is 5. The molecule has 0 unspecified atom stereocenters. The van der Waals surface area contributed by atoms with Crippen LogP contribution < -0.4 is 16.1 Å². The maximum absolute atomic E-state index is 12.8. The number of H-pyrrole nitrogens is 2. The van der Waals surface area contributed by atoms with Crippen LogP contribution >= 0.6 is 0 Å². The summed E-state index contributed by atoms with van der Waals surface area (Å²) in [5, 5.41) is 7.95. The number of rotatable bonds is 2. The normalized spacial score (nSPS) is 16.2. The van der Waals surface area contributed by atoms with E-state index < -0.39 is 23.3 Å². The molecule has 3 heterocycles. The summed E-state index contributed by atoms with van der Waals surface area (Å²) in [4.78, 5) is 29.3. The maximum Gasteiger partial charge on any atom is 0.391 e. The van der Waals surface area contributed by atoms with Crippen LogP contribution in [0.3, 0.4) is 0 Å². The molecule has 1 aliphatic rings. The van der Waals surface area contributed by atoms with Gasteiger partial charge in [-0.1, -0.05) is 0 Å². The first-order chi connectivity index (χ1) is 11.8. The Morgan fingerprint density at radius 1 is 1.20 bits per heavy atom. The molecule has 2 N–H and O–H groups in total. The molecule has 2 aromatic rings. The lowest BCUT2D eigenvalue weighted by Crippen LogP contribution is -2.39. The van der Waals surface area contributed by atoms with Gasteiger partial charge in [0.25, 0.3) is 5.56 Å². The fraction of sp³-hybridized carbons (Fsp3) is 0.467. The molecule has 0 atom stereocenters. The van der Waals surface area contributed by atoms with E-state index >= 15 is 0 Å². The van der Waals surface area contributed by atoms with E-state index in [0.29, 0.717) is 11.4 Å². The molecule has 0 amide bonds. The molecular weight excluding hydrogens is 339 g/mol. The summed E-state index contributed by atoms with van der Waals surface area (Å²) < 4.78 is 38.4. The van der Waals surface area contributed by atoms with Crippen molar-refractivity contribution < 1.29 is 13.2 Å². The minimum atomic E-state index is -4.17. The zero-order chi connectivity index (χ0) is 18.2. The Morgan fingerprint density at radius 2 is 1.88 bits per heavy atom. The second-order valence-corrected chi connectivity index (χ2v) is 5.99. The summed E-state index contributed by atoms with van der Waals surface area (Å²) in [7, 11) is 0. The topological polar surface area (TPSA) is 94.7 Å². The zero-order valence-corrected chi connectivity index (χ0v) is 13.4. The van der Waals surface area contributed by atoms with Crippen molar-refractivity contribution >= 4 is 5.69 Å². The van der Waals surface area contributed by atoms with Crippen molar-refractivity contribution in [3.63, 3.8) is 0 Å². The number of halogens is 3. The highest BCUT2D eigenvalue weighted by atomic mass is 19.4. The Bertz CT molecular complexity index is 882. The van der Waals surface area contributed by atoms with Gasteiger partial charge in [0.2, 0.25) is 0 Å². The highest BCUT2D eigenvalue weighted by Crippen LogP contribution is 2.36. The van der Waals surface area contributed by atoms with Gasteiger partial charge >= 0.3 is 11.9 Å². The van der Waals surface area contributed by atoms with Gasteiger partial charge < -0.3 is 9.88 Å². The SMILES string of the molecule is Cc1nnc(-c2c[nH]c(=O)[nH]c2=O)cc1N1CCC(C(F)(F)F)CC1. The van der Waals surface area contributed by atoms with E-state index in [0.717, 1.165) is 0 Å². The molecular formula is C15H16F3N5O2. The number of alkyl halides is 3. The number of anilines is 1. The lowest BCUT2D eigenvalue weighted by molar-refractivity contribution is -0.179. The van der Waals surface area contributed by atoms with Crippen LogP contribution in [-0.4, -0.2) is 39.4 Å². The van der Waals surface area contributed by atoms with Crippen molar-refractivity contribution in [3.05, 3.63) is 38.8 Å². The Labute approximate surface area is 139 Å². The third-order valence-corrected chi connectivity index (χ3v) is 4.35. The van der Waals surface area contributed by atoms with E-state index in [-0.39, 0.29) is 37.2 Å². The van der Waals surface area contributed by atoms with E-state index in [9.17, 15) is 22.8 Å². The van der Waals surface area contributed by atoms with Gasteiger partial charge in [-0.2, -0.15) is 18.3 Å². The Hall–Kier alpha value is -2.65. The number of aryl methyl sites for hydroxylation is 1. The second-order valence-electron chi connectivity index (χ2n) is 5.99. The molecule has 0 spiro atoms. The number of nitrogens with zero attached hydrogens (tertiary/aromatic N) is 3. The van der Waals surface area contributed by atoms with Gasteiger partial charge in [0, 0.05) is 19.3 Å². The number of hydrogen-bond donors (Lipinski definition) is 2. The molecule has 1 saturated heterocycles. The van der Waals surface area contributed by atoms with Crippen molar-refractivity contribution in [2.45, 2.75) is 25.9 Å². The molecule has 10 heteroatoms. The predicted octanol–water partition coefficient (Wildman–Crippen LogP) is 1.61. The number of piperidine rings is 1. The molecule has 1 aliphatic heterocycles. The Balaban J connectivity index is 1.88. The minimum absolute atomic E-state index is 0.0137. The van der Waals surface area contributed by atoms with Crippen molar-refractivity contribution in [1.29, 1.82) is 0 Å². The van der Waals surface area contributed by atoms with Gasteiger partial charge in [-0.25, -0.2) is 4.79 Å². The average molecular weight is 355 g/mol. The lowest BCUT2D eigenvalue weighted by Gasteiger charge is -2.34. The van der Waals surface area contributed by atoms with Crippen LogP contribution in [0, 0.1) is 12.8 Å².